The molecule has 1 N–H and O–H groups in total. The Morgan fingerprint density at radius 2 is 1.72 bits per heavy atom. The molecule has 0 aromatic carbocycles. The number of anilines is 1. The average molecular weight is 399 g/mol. The second-order valence-electron chi connectivity index (χ2n) is 7.61. The van der Waals surface area contributed by atoms with Crippen LogP contribution in [0.1, 0.15) is 17.3 Å². The number of nitrogens with one attached hydrogen (secondary N) is 1. The Morgan fingerprint density at radius 1 is 1.00 bits per heavy atom. The van der Waals surface area contributed by atoms with Crippen LogP contribution in [-0.4, -0.2) is 91.6 Å². The van der Waals surface area contributed by atoms with Crippen LogP contribution >= 0.6 is 0 Å². The van der Waals surface area contributed by atoms with Crippen LogP contribution in [0.4, 0.5) is 5.82 Å². The van der Waals surface area contributed by atoms with E-state index in [1.807, 2.05) is 23.2 Å². The van der Waals surface area contributed by atoms with Gasteiger partial charge in [0.25, 0.3) is 5.91 Å². The Morgan fingerprint density at radius 3 is 2.45 bits per heavy atom. The maximum absolute atomic E-state index is 12.6. The molecule has 4 rings (SSSR count). The number of pyridine rings is 1. The van der Waals surface area contributed by atoms with Crippen LogP contribution in [0.15, 0.2) is 30.5 Å². The van der Waals surface area contributed by atoms with E-state index in [4.69, 9.17) is 4.74 Å². The van der Waals surface area contributed by atoms with Gasteiger partial charge in [-0.1, -0.05) is 0 Å². The van der Waals surface area contributed by atoms with Gasteiger partial charge in [0.15, 0.2) is 0 Å². The molecule has 0 unspecified atom stereocenters. The topological polar surface area (TPSA) is 69.5 Å². The van der Waals surface area contributed by atoms with Crippen LogP contribution in [0, 0.1) is 0 Å². The highest BCUT2D eigenvalue weighted by molar-refractivity contribution is 5.94. The van der Waals surface area contributed by atoms with Crippen molar-refractivity contribution >= 4 is 23.1 Å². The van der Waals surface area contributed by atoms with Gasteiger partial charge in [0.1, 0.15) is 5.82 Å². The highest BCUT2D eigenvalue weighted by atomic mass is 16.5. The van der Waals surface area contributed by atoms with Gasteiger partial charge in [-0.3, -0.25) is 14.5 Å². The molecule has 2 fully saturated rings. The number of piperazine rings is 1. The van der Waals surface area contributed by atoms with Crippen molar-refractivity contribution in [3.8, 4) is 0 Å². The van der Waals surface area contributed by atoms with Crippen LogP contribution < -0.4 is 10.2 Å². The molecule has 2 saturated heterocycles. The number of carbonyl (C=O) groups excluding carboxylic acids is 2. The first-order valence-electron chi connectivity index (χ1n) is 10.3. The Hall–Kier alpha value is -2.58. The number of rotatable bonds is 5. The van der Waals surface area contributed by atoms with Crippen LogP contribution in [0.25, 0.3) is 5.52 Å². The summed E-state index contributed by atoms with van der Waals surface area (Å²) in [4.78, 5) is 30.6. The fourth-order valence-corrected chi connectivity index (χ4v) is 3.98. The summed E-state index contributed by atoms with van der Waals surface area (Å²) >= 11 is 0. The molecule has 0 aliphatic carbocycles. The smallest absolute Gasteiger partial charge is 0.252 e. The minimum Gasteiger partial charge on any atom is -0.379 e. The lowest BCUT2D eigenvalue weighted by Crippen LogP contribution is -2.48. The molecule has 8 heteroatoms. The molecule has 2 amide bonds. The predicted octanol–water partition coefficient (Wildman–Crippen LogP) is 0.670. The highest BCUT2D eigenvalue weighted by Gasteiger charge is 2.21. The molecule has 8 nitrogen and oxygen atoms in total. The summed E-state index contributed by atoms with van der Waals surface area (Å²) in [7, 11) is 0. The quantitative estimate of drug-likeness (QED) is 0.800. The lowest BCUT2D eigenvalue weighted by molar-refractivity contribution is -0.129. The first kappa shape index (κ1) is 19.7. The highest BCUT2D eigenvalue weighted by Crippen LogP contribution is 2.22. The monoisotopic (exact) mass is 399 g/mol. The zero-order valence-corrected chi connectivity index (χ0v) is 17.0. The summed E-state index contributed by atoms with van der Waals surface area (Å²) in [6.07, 6.45) is 1.91. The first-order chi connectivity index (χ1) is 14.1. The molecule has 2 aliphatic rings. The Kier molecular flexibility index (Phi) is 6.01. The van der Waals surface area contributed by atoms with Gasteiger partial charge < -0.3 is 24.3 Å². The van der Waals surface area contributed by atoms with Crippen LogP contribution in [-0.2, 0) is 9.53 Å². The number of nitrogens with zero attached hydrogens (tertiary/aromatic N) is 4. The van der Waals surface area contributed by atoms with Crippen LogP contribution in [0.2, 0.25) is 0 Å². The molecule has 0 atom stereocenters. The summed E-state index contributed by atoms with van der Waals surface area (Å²) in [6.45, 7) is 9.50. The standard InChI is InChI=1S/C21H29N5O3/c1-17(27)24-8-10-25(11-9-24)20-5-4-19-3-2-18(16-26(19)20)21(28)22-6-7-23-12-14-29-15-13-23/h2-5,16H,6-15H2,1H3,(H,22,28). The minimum atomic E-state index is -0.0544. The van der Waals surface area contributed by atoms with E-state index >= 15 is 0 Å². The van der Waals surface area contributed by atoms with Crippen molar-refractivity contribution < 1.29 is 14.3 Å². The van der Waals surface area contributed by atoms with Crippen LogP contribution in [0.3, 0.4) is 0 Å². The number of morpholine rings is 1. The van der Waals surface area contributed by atoms with Crippen molar-refractivity contribution in [3.63, 3.8) is 0 Å². The number of carbonyl (C=O) groups is 2. The minimum absolute atomic E-state index is 0.0544. The van der Waals surface area contributed by atoms with Crippen molar-refractivity contribution in [1.29, 1.82) is 0 Å². The lowest BCUT2D eigenvalue weighted by atomic mass is 10.2. The van der Waals surface area contributed by atoms with E-state index in [0.717, 1.165) is 70.4 Å². The Balaban J connectivity index is 1.40. The largest absolute Gasteiger partial charge is 0.379 e. The van der Waals surface area contributed by atoms with E-state index < -0.39 is 0 Å². The van der Waals surface area contributed by atoms with Crippen molar-refractivity contribution in [1.82, 2.24) is 19.5 Å². The molecule has 0 bridgehead atoms. The second-order valence-corrected chi connectivity index (χ2v) is 7.61. The molecule has 0 saturated carbocycles. The van der Waals surface area contributed by atoms with Gasteiger partial charge in [-0.15, -0.1) is 0 Å². The fourth-order valence-electron chi connectivity index (χ4n) is 3.98. The normalized spacial score (nSPS) is 18.2. The maximum Gasteiger partial charge on any atom is 0.252 e. The Bertz CT molecular complexity index is 866. The van der Waals surface area contributed by atoms with Gasteiger partial charge in [0.05, 0.1) is 18.8 Å². The summed E-state index contributed by atoms with van der Waals surface area (Å²) in [5, 5.41) is 3.03. The van der Waals surface area contributed by atoms with Crippen molar-refractivity contribution in [3.05, 3.63) is 36.0 Å². The van der Waals surface area contributed by atoms with Crippen molar-refractivity contribution in [2.24, 2.45) is 0 Å². The van der Waals surface area contributed by atoms with Gasteiger partial charge in [0, 0.05) is 71.0 Å². The van der Waals surface area contributed by atoms with E-state index in [1.165, 1.54) is 0 Å². The number of hydrogen-bond acceptors (Lipinski definition) is 5. The maximum atomic E-state index is 12.6. The summed E-state index contributed by atoms with van der Waals surface area (Å²) in [5.74, 6) is 1.13. The third-order valence-electron chi connectivity index (χ3n) is 5.76. The summed E-state index contributed by atoms with van der Waals surface area (Å²) < 4.78 is 7.42. The van der Waals surface area contributed by atoms with E-state index in [-0.39, 0.29) is 11.8 Å². The first-order valence-corrected chi connectivity index (χ1v) is 10.3. The molecule has 2 aromatic rings. The van der Waals surface area contributed by atoms with E-state index in [2.05, 4.69) is 31.7 Å². The van der Waals surface area contributed by atoms with E-state index in [1.54, 1.807) is 6.92 Å². The van der Waals surface area contributed by atoms with Gasteiger partial charge in [-0.05, 0) is 24.3 Å². The molecular formula is C21H29N5O3. The second kappa shape index (κ2) is 8.84. The number of ether oxygens (including phenoxy) is 1. The van der Waals surface area contributed by atoms with Crippen LogP contribution in [0.5, 0.6) is 0 Å². The van der Waals surface area contributed by atoms with E-state index in [0.29, 0.717) is 12.1 Å². The molecule has 2 aliphatic heterocycles. The van der Waals surface area contributed by atoms with Crippen molar-refractivity contribution in [2.75, 3.05) is 70.5 Å². The third-order valence-corrected chi connectivity index (χ3v) is 5.76. The SMILES string of the molecule is CC(=O)N1CCN(c2ccc3ccc(C(=O)NCCN4CCOCC4)cn23)CC1. The van der Waals surface area contributed by atoms with Gasteiger partial charge >= 0.3 is 0 Å². The molecule has 0 radical (unpaired) electrons. The van der Waals surface area contributed by atoms with Crippen molar-refractivity contribution in [2.45, 2.75) is 6.92 Å². The number of hydrogen-bond donors (Lipinski definition) is 1. The van der Waals surface area contributed by atoms with E-state index in [9.17, 15) is 9.59 Å². The third kappa shape index (κ3) is 4.54. The van der Waals surface area contributed by atoms with Gasteiger partial charge in [-0.2, -0.15) is 0 Å². The number of aromatic nitrogens is 1. The average Bonchev–Trinajstić information content (AvgIpc) is 3.17. The molecule has 0 spiro atoms. The number of fused-ring (bicyclic) bond motifs is 1. The molecule has 156 valence electrons. The number of amides is 2. The van der Waals surface area contributed by atoms with Gasteiger partial charge in [0.2, 0.25) is 5.91 Å². The summed E-state index contributed by atoms with van der Waals surface area (Å²) in [6, 6.07) is 7.99. The lowest BCUT2D eigenvalue weighted by Gasteiger charge is -2.35. The molecule has 4 heterocycles. The Labute approximate surface area is 171 Å². The zero-order chi connectivity index (χ0) is 20.2. The summed E-state index contributed by atoms with van der Waals surface area (Å²) in [5.41, 5.74) is 1.71. The van der Waals surface area contributed by atoms with Gasteiger partial charge in [-0.25, -0.2) is 0 Å². The predicted molar refractivity (Wildman–Crippen MR) is 111 cm³/mol. The fraction of sp³-hybridized carbons (Fsp3) is 0.524. The molecule has 2 aromatic heterocycles. The zero-order valence-electron chi connectivity index (χ0n) is 17.0. The molecule has 29 heavy (non-hydrogen) atoms. The molecular weight excluding hydrogens is 370 g/mol.